The highest BCUT2D eigenvalue weighted by molar-refractivity contribution is 7.98. The molecule has 0 aliphatic heterocycles. The van der Waals surface area contributed by atoms with E-state index in [1.807, 2.05) is 6.26 Å². The maximum atomic E-state index is 10.8. The van der Waals surface area contributed by atoms with Gasteiger partial charge in [-0.3, -0.25) is 4.79 Å². The Morgan fingerprint density at radius 1 is 1.62 bits per heavy atom. The second-order valence-corrected chi connectivity index (χ2v) is 3.36. The first-order chi connectivity index (χ1) is 6.11. The molecule has 5 nitrogen and oxygen atoms in total. The number of hydrogen-bond acceptors (Lipinski definition) is 4. The van der Waals surface area contributed by atoms with Gasteiger partial charge >= 0.3 is 6.09 Å². The Labute approximate surface area is 81.4 Å². The molecule has 0 radical (unpaired) electrons. The fourth-order valence-electron chi connectivity index (χ4n) is 0.722. The standard InChI is InChI=1S/C7H14N2O3S/c1-12-7(11)9-5(6(8)10)3-4-13-2/h5H,3-4H2,1-2H3,(H2,8,10)(H,9,11). The van der Waals surface area contributed by atoms with Gasteiger partial charge in [0.2, 0.25) is 5.91 Å². The molecule has 2 amide bonds. The van der Waals surface area contributed by atoms with E-state index in [1.54, 1.807) is 11.8 Å². The summed E-state index contributed by atoms with van der Waals surface area (Å²) < 4.78 is 4.35. The van der Waals surface area contributed by atoms with Gasteiger partial charge in [0.15, 0.2) is 0 Å². The van der Waals surface area contributed by atoms with Gasteiger partial charge in [-0.05, 0) is 18.4 Å². The van der Waals surface area contributed by atoms with Crippen LogP contribution in [0.3, 0.4) is 0 Å². The molecule has 0 aliphatic carbocycles. The number of amides is 2. The van der Waals surface area contributed by atoms with Gasteiger partial charge in [-0.15, -0.1) is 0 Å². The predicted octanol–water partition coefficient (Wildman–Crippen LogP) is -0.0506. The topological polar surface area (TPSA) is 81.4 Å². The summed E-state index contributed by atoms with van der Waals surface area (Å²) in [6, 6.07) is -0.639. The summed E-state index contributed by atoms with van der Waals surface area (Å²) in [7, 11) is 1.24. The number of nitrogens with one attached hydrogen (secondary N) is 1. The fourth-order valence-corrected chi connectivity index (χ4v) is 1.19. The van der Waals surface area contributed by atoms with Gasteiger partial charge < -0.3 is 15.8 Å². The van der Waals surface area contributed by atoms with Crippen molar-refractivity contribution in [1.29, 1.82) is 0 Å². The number of methoxy groups -OCH3 is 1. The molecule has 6 heteroatoms. The van der Waals surface area contributed by atoms with Crippen LogP contribution in [0.5, 0.6) is 0 Å². The first-order valence-corrected chi connectivity index (χ1v) is 5.14. The second kappa shape index (κ2) is 6.59. The van der Waals surface area contributed by atoms with E-state index >= 15 is 0 Å². The SMILES string of the molecule is COC(=O)NC(CCSC)C(N)=O. The maximum absolute atomic E-state index is 10.8. The molecule has 1 atom stereocenters. The minimum absolute atomic E-state index is 0.519. The van der Waals surface area contributed by atoms with Crippen LogP contribution in [0.2, 0.25) is 0 Å². The van der Waals surface area contributed by atoms with Crippen molar-refractivity contribution in [2.75, 3.05) is 19.1 Å². The van der Waals surface area contributed by atoms with Crippen molar-refractivity contribution in [3.8, 4) is 0 Å². The number of carbonyl (C=O) groups is 2. The van der Waals surface area contributed by atoms with Gasteiger partial charge in [0.25, 0.3) is 0 Å². The molecule has 0 heterocycles. The van der Waals surface area contributed by atoms with Crippen LogP contribution < -0.4 is 11.1 Å². The number of carbonyl (C=O) groups excluding carboxylic acids is 2. The molecule has 0 fully saturated rings. The number of alkyl carbamates (subject to hydrolysis) is 1. The molecule has 0 bridgehead atoms. The van der Waals surface area contributed by atoms with E-state index in [2.05, 4.69) is 10.1 Å². The van der Waals surface area contributed by atoms with Gasteiger partial charge in [-0.2, -0.15) is 11.8 Å². The quantitative estimate of drug-likeness (QED) is 0.660. The van der Waals surface area contributed by atoms with E-state index in [-0.39, 0.29) is 0 Å². The Morgan fingerprint density at radius 2 is 2.23 bits per heavy atom. The largest absolute Gasteiger partial charge is 0.453 e. The molecule has 1 unspecified atom stereocenters. The van der Waals surface area contributed by atoms with Crippen LogP contribution >= 0.6 is 11.8 Å². The zero-order valence-corrected chi connectivity index (χ0v) is 8.52. The molecule has 0 aromatic carbocycles. The number of ether oxygens (including phenoxy) is 1. The summed E-state index contributed by atoms with van der Waals surface area (Å²) in [5.41, 5.74) is 5.06. The molecule has 0 saturated carbocycles. The van der Waals surface area contributed by atoms with Crippen LogP contribution in [0.4, 0.5) is 4.79 Å². The van der Waals surface area contributed by atoms with Crippen molar-refractivity contribution >= 4 is 23.8 Å². The molecule has 76 valence electrons. The number of nitrogens with two attached hydrogens (primary N) is 1. The summed E-state index contributed by atoms with van der Waals surface area (Å²) in [6.45, 7) is 0. The van der Waals surface area contributed by atoms with Crippen LogP contribution in [0.1, 0.15) is 6.42 Å². The molecule has 0 rings (SSSR count). The van der Waals surface area contributed by atoms with Gasteiger partial charge in [-0.1, -0.05) is 0 Å². The lowest BCUT2D eigenvalue weighted by Crippen LogP contribution is -2.44. The zero-order chi connectivity index (χ0) is 10.3. The number of thioether (sulfide) groups is 1. The average Bonchev–Trinajstić information content (AvgIpc) is 2.11. The lowest BCUT2D eigenvalue weighted by molar-refractivity contribution is -0.119. The van der Waals surface area contributed by atoms with Crippen LogP contribution in [0.25, 0.3) is 0 Å². The van der Waals surface area contributed by atoms with Crippen LogP contribution in [0, 0.1) is 0 Å². The van der Waals surface area contributed by atoms with Gasteiger partial charge in [-0.25, -0.2) is 4.79 Å². The maximum Gasteiger partial charge on any atom is 0.407 e. The van der Waals surface area contributed by atoms with Gasteiger partial charge in [0.05, 0.1) is 7.11 Å². The van der Waals surface area contributed by atoms with Crippen molar-refractivity contribution in [2.45, 2.75) is 12.5 Å². The third kappa shape index (κ3) is 5.35. The van der Waals surface area contributed by atoms with E-state index in [1.165, 1.54) is 7.11 Å². The van der Waals surface area contributed by atoms with E-state index in [0.717, 1.165) is 5.75 Å². The van der Waals surface area contributed by atoms with E-state index in [0.29, 0.717) is 6.42 Å². The second-order valence-electron chi connectivity index (χ2n) is 2.37. The van der Waals surface area contributed by atoms with Crippen LogP contribution in [-0.2, 0) is 9.53 Å². The first-order valence-electron chi connectivity index (χ1n) is 3.74. The van der Waals surface area contributed by atoms with Crippen molar-refractivity contribution in [3.05, 3.63) is 0 Å². The lowest BCUT2D eigenvalue weighted by atomic mass is 10.2. The minimum Gasteiger partial charge on any atom is -0.453 e. The number of rotatable bonds is 5. The molecule has 0 spiro atoms. The lowest BCUT2D eigenvalue weighted by Gasteiger charge is -2.13. The van der Waals surface area contributed by atoms with Crippen molar-refractivity contribution in [1.82, 2.24) is 5.32 Å². The Bertz CT molecular complexity index is 187. The number of hydrogen-bond donors (Lipinski definition) is 2. The fraction of sp³-hybridized carbons (Fsp3) is 0.714. The normalized spacial score (nSPS) is 11.8. The highest BCUT2D eigenvalue weighted by atomic mass is 32.2. The summed E-state index contributed by atoms with van der Waals surface area (Å²) in [5, 5.41) is 2.35. The number of primary amides is 1. The Morgan fingerprint density at radius 3 is 2.62 bits per heavy atom. The molecule has 0 aromatic heterocycles. The molecule has 13 heavy (non-hydrogen) atoms. The molecular weight excluding hydrogens is 192 g/mol. The highest BCUT2D eigenvalue weighted by Gasteiger charge is 2.17. The third-order valence-corrected chi connectivity index (χ3v) is 2.08. The average molecular weight is 206 g/mol. The monoisotopic (exact) mass is 206 g/mol. The van der Waals surface area contributed by atoms with Crippen molar-refractivity contribution < 1.29 is 14.3 Å². The minimum atomic E-state index is -0.639. The smallest absolute Gasteiger partial charge is 0.407 e. The first kappa shape index (κ1) is 12.1. The Kier molecular flexibility index (Phi) is 6.13. The van der Waals surface area contributed by atoms with E-state index < -0.39 is 18.0 Å². The molecule has 3 N–H and O–H groups in total. The zero-order valence-electron chi connectivity index (χ0n) is 7.70. The highest BCUT2D eigenvalue weighted by Crippen LogP contribution is 2.00. The summed E-state index contributed by atoms with van der Waals surface area (Å²) in [5.74, 6) is 0.219. The molecule has 0 aliphatic rings. The summed E-state index contributed by atoms with van der Waals surface area (Å²) in [6.07, 6.45) is 1.80. The Balaban J connectivity index is 3.94. The summed E-state index contributed by atoms with van der Waals surface area (Å²) >= 11 is 1.58. The third-order valence-electron chi connectivity index (χ3n) is 1.43. The predicted molar refractivity (Wildman–Crippen MR) is 51.5 cm³/mol. The van der Waals surface area contributed by atoms with E-state index in [9.17, 15) is 9.59 Å². The molecule has 0 saturated heterocycles. The van der Waals surface area contributed by atoms with Crippen molar-refractivity contribution in [2.24, 2.45) is 5.73 Å². The summed E-state index contributed by atoms with van der Waals surface area (Å²) in [4.78, 5) is 21.5. The van der Waals surface area contributed by atoms with Crippen LogP contribution in [0.15, 0.2) is 0 Å². The van der Waals surface area contributed by atoms with Crippen LogP contribution in [-0.4, -0.2) is 37.2 Å². The Hall–Kier alpha value is -0.910. The molecule has 0 aromatic rings. The van der Waals surface area contributed by atoms with Crippen molar-refractivity contribution in [3.63, 3.8) is 0 Å². The van der Waals surface area contributed by atoms with Gasteiger partial charge in [0, 0.05) is 0 Å². The van der Waals surface area contributed by atoms with Gasteiger partial charge in [0.1, 0.15) is 6.04 Å². The molecular formula is C7H14N2O3S. The van der Waals surface area contributed by atoms with E-state index in [4.69, 9.17) is 5.73 Å².